The summed E-state index contributed by atoms with van der Waals surface area (Å²) in [5.74, 6) is 0.491. The van der Waals surface area contributed by atoms with Crippen LogP contribution in [0.2, 0.25) is 5.02 Å². The Morgan fingerprint density at radius 2 is 1.92 bits per heavy atom. The Morgan fingerprint density at radius 1 is 1.27 bits per heavy atom. The highest BCUT2D eigenvalue weighted by molar-refractivity contribution is 7.89. The second-order valence-corrected chi connectivity index (χ2v) is 9.10. The Labute approximate surface area is 164 Å². The Balaban J connectivity index is 0.00000243. The second kappa shape index (κ2) is 8.39. The summed E-state index contributed by atoms with van der Waals surface area (Å²) in [5.41, 5.74) is 0.00718. The van der Waals surface area contributed by atoms with Crippen LogP contribution in [0.4, 0.5) is 5.69 Å². The normalized spacial score (nSPS) is 22.2. The van der Waals surface area contributed by atoms with Crippen LogP contribution in [0.15, 0.2) is 17.0 Å². The number of sulfonamides is 1. The van der Waals surface area contributed by atoms with Gasteiger partial charge in [0.2, 0.25) is 10.0 Å². The van der Waals surface area contributed by atoms with Gasteiger partial charge >= 0.3 is 0 Å². The molecule has 0 saturated carbocycles. The van der Waals surface area contributed by atoms with Gasteiger partial charge in [0.1, 0.15) is 0 Å². The largest absolute Gasteiger partial charge is 0.314 e. The van der Waals surface area contributed by atoms with E-state index in [4.69, 9.17) is 11.6 Å². The van der Waals surface area contributed by atoms with Gasteiger partial charge in [0.05, 0.1) is 14.8 Å². The van der Waals surface area contributed by atoms with Crippen LogP contribution in [0.25, 0.3) is 0 Å². The SMILES string of the molecule is Cc1c(Cl)cc(S(=O)(=O)N2CCC(C3CCCN3)CC2)cc1[N+](=O)[O-].Cl. The van der Waals surface area contributed by atoms with Crippen molar-refractivity contribution in [2.75, 3.05) is 19.6 Å². The van der Waals surface area contributed by atoms with E-state index in [0.29, 0.717) is 25.0 Å². The molecule has 0 aliphatic carbocycles. The summed E-state index contributed by atoms with van der Waals surface area (Å²) in [6.07, 6.45) is 3.93. The first-order chi connectivity index (χ1) is 11.8. The van der Waals surface area contributed by atoms with Gasteiger partial charge < -0.3 is 5.32 Å². The molecule has 1 atom stereocenters. The van der Waals surface area contributed by atoms with Crippen molar-refractivity contribution in [3.05, 3.63) is 32.8 Å². The smallest absolute Gasteiger partial charge is 0.275 e. The summed E-state index contributed by atoms with van der Waals surface area (Å²) in [7, 11) is -3.78. The number of nitrogens with zero attached hydrogens (tertiary/aromatic N) is 2. The van der Waals surface area contributed by atoms with Crippen molar-refractivity contribution in [3.63, 3.8) is 0 Å². The summed E-state index contributed by atoms with van der Waals surface area (Å²) in [4.78, 5) is 10.4. The zero-order chi connectivity index (χ0) is 18.2. The molecule has 10 heteroatoms. The van der Waals surface area contributed by atoms with Gasteiger partial charge in [0, 0.05) is 30.8 Å². The van der Waals surface area contributed by atoms with Gasteiger partial charge in [-0.15, -0.1) is 12.4 Å². The van der Waals surface area contributed by atoms with E-state index < -0.39 is 14.9 Å². The van der Waals surface area contributed by atoms with Crippen molar-refractivity contribution >= 4 is 39.7 Å². The van der Waals surface area contributed by atoms with Crippen LogP contribution in [0.3, 0.4) is 0 Å². The van der Waals surface area contributed by atoms with E-state index >= 15 is 0 Å². The zero-order valence-corrected chi connectivity index (χ0v) is 16.9. The third-order valence-electron chi connectivity index (χ3n) is 5.29. The highest BCUT2D eigenvalue weighted by Gasteiger charge is 2.34. The van der Waals surface area contributed by atoms with Gasteiger partial charge in [-0.1, -0.05) is 11.6 Å². The van der Waals surface area contributed by atoms with Crippen LogP contribution in [-0.4, -0.2) is 43.3 Å². The number of hydrogen-bond donors (Lipinski definition) is 1. The fraction of sp³-hybridized carbons (Fsp3) is 0.625. The lowest BCUT2D eigenvalue weighted by atomic mass is 9.89. The molecular weight excluding hydrogens is 401 g/mol. The molecule has 1 unspecified atom stereocenters. The van der Waals surface area contributed by atoms with E-state index in [1.165, 1.54) is 23.7 Å². The summed E-state index contributed by atoms with van der Waals surface area (Å²) in [6.45, 7) is 3.42. The Bertz CT molecular complexity index is 774. The van der Waals surface area contributed by atoms with Crippen LogP contribution in [0.1, 0.15) is 31.2 Å². The minimum absolute atomic E-state index is 0. The lowest BCUT2D eigenvalue weighted by molar-refractivity contribution is -0.385. The highest BCUT2D eigenvalue weighted by Crippen LogP contribution is 2.33. The predicted octanol–water partition coefficient (Wildman–Crippen LogP) is 3.13. The predicted molar refractivity (Wildman–Crippen MR) is 103 cm³/mol. The van der Waals surface area contributed by atoms with E-state index in [0.717, 1.165) is 31.9 Å². The molecule has 0 amide bonds. The Hall–Kier alpha value is -0.930. The molecular formula is C16H23Cl2N3O4S. The van der Waals surface area contributed by atoms with Gasteiger partial charge in [0.25, 0.3) is 5.69 Å². The van der Waals surface area contributed by atoms with Gasteiger partial charge in [0.15, 0.2) is 0 Å². The molecule has 2 fully saturated rings. The molecule has 3 rings (SSSR count). The quantitative estimate of drug-likeness (QED) is 0.592. The molecule has 0 bridgehead atoms. The second-order valence-electron chi connectivity index (χ2n) is 6.75. The molecule has 0 radical (unpaired) electrons. The molecule has 1 aromatic rings. The van der Waals surface area contributed by atoms with Crippen molar-refractivity contribution in [2.45, 2.75) is 43.5 Å². The number of benzene rings is 1. The third kappa shape index (κ3) is 4.14. The van der Waals surface area contributed by atoms with Crippen LogP contribution < -0.4 is 5.32 Å². The van der Waals surface area contributed by atoms with Gasteiger partial charge in [-0.3, -0.25) is 10.1 Å². The Morgan fingerprint density at radius 3 is 2.46 bits per heavy atom. The molecule has 146 valence electrons. The maximum Gasteiger partial charge on any atom is 0.275 e. The average molecular weight is 424 g/mol. The zero-order valence-electron chi connectivity index (χ0n) is 14.5. The molecule has 0 aromatic heterocycles. The summed E-state index contributed by atoms with van der Waals surface area (Å²) < 4.78 is 27.2. The first-order valence-electron chi connectivity index (χ1n) is 8.49. The standard InChI is InChI=1S/C16H22ClN3O4S.ClH/c1-11-14(17)9-13(10-16(11)20(21)22)25(23,24)19-7-4-12(5-8-19)15-3-2-6-18-15;/h9-10,12,15,18H,2-8H2,1H3;1H. The molecule has 26 heavy (non-hydrogen) atoms. The van der Waals surface area contributed by atoms with E-state index in [-0.39, 0.29) is 33.6 Å². The summed E-state index contributed by atoms with van der Waals surface area (Å²) in [5, 5.41) is 14.7. The van der Waals surface area contributed by atoms with Crippen molar-refractivity contribution in [3.8, 4) is 0 Å². The van der Waals surface area contributed by atoms with E-state index in [2.05, 4.69) is 5.32 Å². The minimum Gasteiger partial charge on any atom is -0.314 e. The fourth-order valence-electron chi connectivity index (χ4n) is 3.76. The molecule has 1 N–H and O–H groups in total. The molecule has 2 aliphatic heterocycles. The molecule has 1 aromatic carbocycles. The van der Waals surface area contributed by atoms with Crippen LogP contribution in [0, 0.1) is 23.0 Å². The van der Waals surface area contributed by atoms with Crippen LogP contribution in [-0.2, 0) is 10.0 Å². The van der Waals surface area contributed by atoms with Gasteiger partial charge in [-0.2, -0.15) is 4.31 Å². The minimum atomic E-state index is -3.78. The van der Waals surface area contributed by atoms with Gasteiger partial charge in [-0.25, -0.2) is 8.42 Å². The van der Waals surface area contributed by atoms with E-state index in [1.54, 1.807) is 0 Å². The monoisotopic (exact) mass is 423 g/mol. The van der Waals surface area contributed by atoms with Crippen molar-refractivity contribution in [2.24, 2.45) is 5.92 Å². The maximum atomic E-state index is 12.9. The summed E-state index contributed by atoms with van der Waals surface area (Å²) in [6, 6.07) is 2.91. The number of nitro groups is 1. The number of nitro benzene ring substituents is 1. The number of nitrogens with one attached hydrogen (secondary N) is 1. The average Bonchev–Trinajstić information content (AvgIpc) is 3.11. The number of rotatable bonds is 4. The van der Waals surface area contributed by atoms with Crippen molar-refractivity contribution in [1.82, 2.24) is 9.62 Å². The number of piperidine rings is 1. The molecule has 7 nitrogen and oxygen atoms in total. The maximum absolute atomic E-state index is 12.9. The topological polar surface area (TPSA) is 92.6 Å². The first kappa shape index (κ1) is 21.4. The lowest BCUT2D eigenvalue weighted by Crippen LogP contribution is -2.43. The van der Waals surface area contributed by atoms with E-state index in [1.807, 2.05) is 0 Å². The number of halogens is 2. The first-order valence-corrected chi connectivity index (χ1v) is 10.3. The number of hydrogen-bond acceptors (Lipinski definition) is 5. The molecule has 2 saturated heterocycles. The summed E-state index contributed by atoms with van der Waals surface area (Å²) >= 11 is 6.02. The molecule has 2 heterocycles. The Kier molecular flexibility index (Phi) is 6.90. The lowest BCUT2D eigenvalue weighted by Gasteiger charge is -2.34. The molecule has 2 aliphatic rings. The van der Waals surface area contributed by atoms with Crippen molar-refractivity contribution in [1.29, 1.82) is 0 Å². The van der Waals surface area contributed by atoms with Gasteiger partial charge in [-0.05, 0) is 51.1 Å². The fourth-order valence-corrected chi connectivity index (χ4v) is 5.56. The van der Waals surface area contributed by atoms with Crippen molar-refractivity contribution < 1.29 is 13.3 Å². The van der Waals surface area contributed by atoms with E-state index in [9.17, 15) is 18.5 Å². The van der Waals surface area contributed by atoms with Crippen LogP contribution in [0.5, 0.6) is 0 Å². The molecule has 0 spiro atoms. The third-order valence-corrected chi connectivity index (χ3v) is 7.56. The highest BCUT2D eigenvalue weighted by atomic mass is 35.5. The van der Waals surface area contributed by atoms with Crippen LogP contribution >= 0.6 is 24.0 Å².